The number of amides is 1. The van der Waals surface area contributed by atoms with Crippen LogP contribution in [0.2, 0.25) is 0 Å². The summed E-state index contributed by atoms with van der Waals surface area (Å²) in [7, 11) is 0. The molecule has 1 aliphatic carbocycles. The highest BCUT2D eigenvalue weighted by molar-refractivity contribution is 7.13. The zero-order valence-electron chi connectivity index (χ0n) is 13.4. The van der Waals surface area contributed by atoms with Crippen LogP contribution in [-0.4, -0.2) is 28.0 Å². The molecule has 1 N–H and O–H groups in total. The van der Waals surface area contributed by atoms with E-state index >= 15 is 0 Å². The summed E-state index contributed by atoms with van der Waals surface area (Å²) in [5, 5.41) is 4.06. The fraction of sp³-hybridized carbons (Fsp3) is 0.471. The first-order chi connectivity index (χ1) is 11.1. The maximum absolute atomic E-state index is 12.3. The average Bonchev–Trinajstić information content (AvgIpc) is 2.89. The van der Waals surface area contributed by atoms with E-state index in [9.17, 15) is 4.79 Å². The molecule has 0 bridgehead atoms. The second-order valence-corrected chi connectivity index (χ2v) is 7.08. The van der Waals surface area contributed by atoms with Gasteiger partial charge in [-0.1, -0.05) is 6.07 Å². The van der Waals surface area contributed by atoms with Gasteiger partial charge in [0.05, 0.1) is 10.7 Å². The first kappa shape index (κ1) is 15.9. The van der Waals surface area contributed by atoms with Crippen molar-refractivity contribution in [3.63, 3.8) is 0 Å². The van der Waals surface area contributed by atoms with Gasteiger partial charge in [0.25, 0.3) is 5.91 Å². The van der Waals surface area contributed by atoms with Crippen LogP contribution in [-0.2, 0) is 0 Å². The third kappa shape index (κ3) is 4.07. The molecule has 3 rings (SSSR count). The highest BCUT2D eigenvalue weighted by Crippen LogP contribution is 2.24. The first-order valence-electron chi connectivity index (χ1n) is 7.94. The van der Waals surface area contributed by atoms with Crippen LogP contribution in [0.5, 0.6) is 5.88 Å². The van der Waals surface area contributed by atoms with E-state index in [0.29, 0.717) is 5.88 Å². The van der Waals surface area contributed by atoms with E-state index in [1.165, 1.54) is 11.3 Å². The number of pyridine rings is 1. The molecular weight excluding hydrogens is 310 g/mol. The second kappa shape index (κ2) is 7.08. The fourth-order valence-electron chi connectivity index (χ4n) is 2.91. The lowest BCUT2D eigenvalue weighted by Gasteiger charge is -2.29. The standard InChI is InChI=1S/C17H21N3O2S/c1-11-16(23-12(2)19-11)17(21)20-13-6-8-14(9-7-13)22-15-5-3-4-10-18-15/h3-5,10,13-14H,6-9H2,1-2H3,(H,20,21). The second-order valence-electron chi connectivity index (χ2n) is 5.88. The van der Waals surface area contributed by atoms with Gasteiger partial charge < -0.3 is 10.1 Å². The van der Waals surface area contributed by atoms with Gasteiger partial charge in [-0.2, -0.15) is 0 Å². The van der Waals surface area contributed by atoms with Crippen molar-refractivity contribution in [3.05, 3.63) is 40.0 Å². The van der Waals surface area contributed by atoms with Crippen molar-refractivity contribution >= 4 is 17.2 Å². The van der Waals surface area contributed by atoms with Crippen LogP contribution < -0.4 is 10.1 Å². The smallest absolute Gasteiger partial charge is 0.263 e. The van der Waals surface area contributed by atoms with E-state index in [4.69, 9.17) is 4.74 Å². The molecule has 1 amide bonds. The van der Waals surface area contributed by atoms with Crippen LogP contribution in [0.4, 0.5) is 0 Å². The summed E-state index contributed by atoms with van der Waals surface area (Å²) in [5.41, 5.74) is 0.817. The van der Waals surface area contributed by atoms with Gasteiger partial charge in [0.1, 0.15) is 11.0 Å². The van der Waals surface area contributed by atoms with E-state index in [1.807, 2.05) is 32.0 Å². The number of hydrogen-bond donors (Lipinski definition) is 1. The minimum absolute atomic E-state index is 0.00203. The van der Waals surface area contributed by atoms with E-state index in [-0.39, 0.29) is 18.1 Å². The predicted molar refractivity (Wildman–Crippen MR) is 90.0 cm³/mol. The zero-order valence-corrected chi connectivity index (χ0v) is 14.2. The monoisotopic (exact) mass is 331 g/mol. The number of rotatable bonds is 4. The number of hydrogen-bond acceptors (Lipinski definition) is 5. The Bertz CT molecular complexity index is 664. The Kier molecular flexibility index (Phi) is 4.91. The van der Waals surface area contributed by atoms with Gasteiger partial charge in [-0.25, -0.2) is 9.97 Å². The first-order valence-corrected chi connectivity index (χ1v) is 8.76. The molecule has 0 aliphatic heterocycles. The quantitative estimate of drug-likeness (QED) is 0.934. The molecule has 122 valence electrons. The number of aromatic nitrogens is 2. The third-order valence-electron chi connectivity index (χ3n) is 4.04. The number of carbonyl (C=O) groups is 1. The molecule has 6 heteroatoms. The molecule has 0 spiro atoms. The molecule has 2 aromatic rings. The molecule has 1 saturated carbocycles. The van der Waals surface area contributed by atoms with Gasteiger partial charge in [0.15, 0.2) is 0 Å². The van der Waals surface area contributed by atoms with E-state index in [0.717, 1.165) is 41.3 Å². The number of carbonyl (C=O) groups excluding carboxylic acids is 1. The minimum Gasteiger partial charge on any atom is -0.474 e. The lowest BCUT2D eigenvalue weighted by Crippen LogP contribution is -2.39. The van der Waals surface area contributed by atoms with Crippen LogP contribution in [0.25, 0.3) is 0 Å². The summed E-state index contributed by atoms with van der Waals surface area (Å²) in [6.45, 7) is 3.81. The SMILES string of the molecule is Cc1nc(C)c(C(=O)NC2CCC(Oc3ccccn3)CC2)s1. The summed E-state index contributed by atoms with van der Waals surface area (Å²) in [6, 6.07) is 5.89. The zero-order chi connectivity index (χ0) is 16.2. The Morgan fingerprint density at radius 2 is 2.04 bits per heavy atom. The van der Waals surface area contributed by atoms with Crippen LogP contribution >= 0.6 is 11.3 Å². The largest absolute Gasteiger partial charge is 0.474 e. The molecule has 0 radical (unpaired) electrons. The minimum atomic E-state index is 0.00203. The van der Waals surface area contributed by atoms with E-state index in [2.05, 4.69) is 15.3 Å². The summed E-state index contributed by atoms with van der Waals surface area (Å²) >= 11 is 1.46. The Morgan fingerprint density at radius 1 is 1.26 bits per heavy atom. The fourth-order valence-corrected chi connectivity index (χ4v) is 3.73. The topological polar surface area (TPSA) is 64.1 Å². The van der Waals surface area contributed by atoms with Crippen LogP contribution in [0.3, 0.4) is 0 Å². The van der Waals surface area contributed by atoms with Gasteiger partial charge in [-0.3, -0.25) is 4.79 Å². The number of nitrogens with one attached hydrogen (secondary N) is 1. The summed E-state index contributed by atoms with van der Waals surface area (Å²) in [5.74, 6) is 0.679. The van der Waals surface area contributed by atoms with Crippen molar-refractivity contribution in [2.24, 2.45) is 0 Å². The summed E-state index contributed by atoms with van der Waals surface area (Å²) < 4.78 is 5.88. The summed E-state index contributed by atoms with van der Waals surface area (Å²) in [6.07, 6.45) is 5.65. The van der Waals surface area contributed by atoms with Crippen molar-refractivity contribution in [1.29, 1.82) is 0 Å². The molecule has 23 heavy (non-hydrogen) atoms. The number of aryl methyl sites for hydroxylation is 2. The highest BCUT2D eigenvalue weighted by Gasteiger charge is 2.25. The molecule has 0 unspecified atom stereocenters. The third-order valence-corrected chi connectivity index (χ3v) is 5.12. The van der Waals surface area contributed by atoms with Crippen molar-refractivity contribution in [2.45, 2.75) is 51.7 Å². The van der Waals surface area contributed by atoms with Gasteiger partial charge >= 0.3 is 0 Å². The van der Waals surface area contributed by atoms with Crippen LogP contribution in [0.15, 0.2) is 24.4 Å². The Hall–Kier alpha value is -1.95. The lowest BCUT2D eigenvalue weighted by atomic mass is 9.93. The summed E-state index contributed by atoms with van der Waals surface area (Å²) in [4.78, 5) is 21.6. The van der Waals surface area contributed by atoms with Crippen LogP contribution in [0.1, 0.15) is 46.1 Å². The van der Waals surface area contributed by atoms with Crippen LogP contribution in [0, 0.1) is 13.8 Å². The van der Waals surface area contributed by atoms with Crippen molar-refractivity contribution in [3.8, 4) is 5.88 Å². The molecule has 5 nitrogen and oxygen atoms in total. The van der Waals surface area contributed by atoms with Gasteiger partial charge in [-0.05, 0) is 45.6 Å². The van der Waals surface area contributed by atoms with Crippen molar-refractivity contribution in [2.75, 3.05) is 0 Å². The molecule has 0 aromatic carbocycles. The molecule has 1 fully saturated rings. The predicted octanol–water partition coefficient (Wildman–Crippen LogP) is 3.27. The lowest BCUT2D eigenvalue weighted by molar-refractivity contribution is 0.0893. The molecule has 0 atom stereocenters. The van der Waals surface area contributed by atoms with E-state index in [1.54, 1.807) is 6.20 Å². The van der Waals surface area contributed by atoms with E-state index < -0.39 is 0 Å². The average molecular weight is 331 g/mol. The molecule has 1 aliphatic rings. The number of nitrogens with zero attached hydrogens (tertiary/aromatic N) is 2. The van der Waals surface area contributed by atoms with Gasteiger partial charge in [-0.15, -0.1) is 11.3 Å². The maximum atomic E-state index is 12.3. The molecular formula is C17H21N3O2S. The highest BCUT2D eigenvalue weighted by atomic mass is 32.1. The molecule has 2 aromatic heterocycles. The van der Waals surface area contributed by atoms with Crippen molar-refractivity contribution in [1.82, 2.24) is 15.3 Å². The molecule has 0 saturated heterocycles. The maximum Gasteiger partial charge on any atom is 0.263 e. The number of thiazole rings is 1. The molecule has 2 heterocycles. The Labute approximate surface area is 140 Å². The van der Waals surface area contributed by atoms with Gasteiger partial charge in [0.2, 0.25) is 5.88 Å². The number of ether oxygens (including phenoxy) is 1. The van der Waals surface area contributed by atoms with Crippen molar-refractivity contribution < 1.29 is 9.53 Å². The van der Waals surface area contributed by atoms with Gasteiger partial charge in [0, 0.05) is 18.3 Å². The Morgan fingerprint density at radius 3 is 2.65 bits per heavy atom. The Balaban J connectivity index is 1.49. The normalized spacial score (nSPS) is 21.0.